The van der Waals surface area contributed by atoms with Crippen LogP contribution in [0.1, 0.15) is 11.1 Å². The van der Waals surface area contributed by atoms with Crippen molar-refractivity contribution in [1.82, 2.24) is 19.6 Å². The number of fused-ring (bicyclic) bond motifs is 2. The Morgan fingerprint density at radius 3 is 2.96 bits per heavy atom. The van der Waals surface area contributed by atoms with Crippen LogP contribution >= 0.6 is 11.3 Å². The van der Waals surface area contributed by atoms with Gasteiger partial charge in [-0.05, 0) is 30.2 Å². The summed E-state index contributed by atoms with van der Waals surface area (Å²) in [7, 11) is 1.73. The second kappa shape index (κ2) is 6.10. The van der Waals surface area contributed by atoms with Crippen molar-refractivity contribution in [3.8, 4) is 17.0 Å². The molecule has 0 amide bonds. The molecule has 0 atom stereocenters. The van der Waals surface area contributed by atoms with Gasteiger partial charge in [-0.2, -0.15) is 0 Å². The normalized spacial score (nSPS) is 13.8. The third-order valence-corrected chi connectivity index (χ3v) is 5.69. The number of ether oxygens (including phenoxy) is 1. The highest BCUT2D eigenvalue weighted by molar-refractivity contribution is 7.20. The molecule has 0 aliphatic carbocycles. The highest BCUT2D eigenvalue weighted by atomic mass is 32.1. The van der Waals surface area contributed by atoms with Gasteiger partial charge in [0.25, 0.3) is 0 Å². The third-order valence-electron chi connectivity index (χ3n) is 4.70. The van der Waals surface area contributed by atoms with Gasteiger partial charge in [-0.1, -0.05) is 23.5 Å². The van der Waals surface area contributed by atoms with Gasteiger partial charge < -0.3 is 9.64 Å². The first-order valence-electron chi connectivity index (χ1n) is 8.48. The minimum absolute atomic E-state index is 0.846. The van der Waals surface area contributed by atoms with Crippen LogP contribution in [-0.2, 0) is 13.0 Å². The number of hydrogen-bond acceptors (Lipinski definition) is 6. The third kappa shape index (κ3) is 2.52. The number of pyridine rings is 1. The van der Waals surface area contributed by atoms with E-state index in [2.05, 4.69) is 22.0 Å². The zero-order valence-corrected chi connectivity index (χ0v) is 15.1. The van der Waals surface area contributed by atoms with Crippen LogP contribution in [0.15, 0.2) is 48.9 Å². The lowest BCUT2D eigenvalue weighted by molar-refractivity contribution is 0.407. The maximum absolute atomic E-state index is 5.49. The van der Waals surface area contributed by atoms with Gasteiger partial charge in [-0.3, -0.25) is 4.98 Å². The van der Waals surface area contributed by atoms with Crippen LogP contribution < -0.4 is 9.64 Å². The van der Waals surface area contributed by atoms with E-state index in [0.717, 1.165) is 46.6 Å². The maximum Gasteiger partial charge on any atom is 0.214 e. The number of hydrogen-bond donors (Lipinski definition) is 0. The molecule has 5 rings (SSSR count). The summed E-state index contributed by atoms with van der Waals surface area (Å²) in [6.45, 7) is 1.78. The van der Waals surface area contributed by atoms with Crippen LogP contribution in [-0.4, -0.2) is 33.2 Å². The molecule has 0 bridgehead atoms. The van der Waals surface area contributed by atoms with Gasteiger partial charge in [0.1, 0.15) is 5.75 Å². The van der Waals surface area contributed by atoms with E-state index in [9.17, 15) is 0 Å². The Kier molecular flexibility index (Phi) is 3.60. The van der Waals surface area contributed by atoms with Gasteiger partial charge in [-0.25, -0.2) is 9.50 Å². The zero-order chi connectivity index (χ0) is 17.5. The average Bonchev–Trinajstić information content (AvgIpc) is 3.27. The zero-order valence-electron chi connectivity index (χ0n) is 14.3. The molecule has 3 aromatic heterocycles. The molecule has 0 spiro atoms. The smallest absolute Gasteiger partial charge is 0.214 e. The predicted molar refractivity (Wildman–Crippen MR) is 102 cm³/mol. The first-order chi connectivity index (χ1) is 12.8. The minimum Gasteiger partial charge on any atom is -0.496 e. The van der Waals surface area contributed by atoms with E-state index in [1.807, 2.05) is 35.1 Å². The topological polar surface area (TPSA) is 55.5 Å². The van der Waals surface area contributed by atoms with Crippen molar-refractivity contribution < 1.29 is 4.74 Å². The molecule has 0 saturated carbocycles. The van der Waals surface area contributed by atoms with Crippen LogP contribution in [0.4, 0.5) is 5.13 Å². The molecule has 6 nitrogen and oxygen atoms in total. The average molecular weight is 363 g/mol. The second-order valence-corrected chi connectivity index (χ2v) is 7.18. The molecule has 0 fully saturated rings. The molecule has 0 N–H and O–H groups in total. The van der Waals surface area contributed by atoms with Gasteiger partial charge in [0, 0.05) is 36.6 Å². The minimum atomic E-state index is 0.846. The first-order valence-corrected chi connectivity index (χ1v) is 9.30. The number of aromatic nitrogens is 4. The van der Waals surface area contributed by atoms with Crippen LogP contribution in [0.2, 0.25) is 0 Å². The number of benzene rings is 1. The summed E-state index contributed by atoms with van der Waals surface area (Å²) in [6, 6.07) is 10.2. The van der Waals surface area contributed by atoms with E-state index in [0.29, 0.717) is 0 Å². The Balaban J connectivity index is 1.44. The van der Waals surface area contributed by atoms with Crippen LogP contribution in [0, 0.1) is 0 Å². The summed E-state index contributed by atoms with van der Waals surface area (Å²) in [5.74, 6) is 0.984. The van der Waals surface area contributed by atoms with Gasteiger partial charge in [0.15, 0.2) is 0 Å². The maximum atomic E-state index is 5.49. The SMILES string of the molecule is COc1cccc2c1CCN(c1nn3cc(-c4cccnc4)nc3s1)C2. The summed E-state index contributed by atoms with van der Waals surface area (Å²) >= 11 is 1.62. The number of methoxy groups -OCH3 is 1. The number of rotatable bonds is 3. The number of imidazole rings is 1. The number of anilines is 1. The summed E-state index contributed by atoms with van der Waals surface area (Å²) in [4.78, 5) is 12.1. The van der Waals surface area contributed by atoms with Gasteiger partial charge in [0.05, 0.1) is 19.0 Å². The molecule has 4 aromatic rings. The van der Waals surface area contributed by atoms with E-state index in [4.69, 9.17) is 14.8 Å². The van der Waals surface area contributed by atoms with E-state index >= 15 is 0 Å². The Bertz CT molecular complexity index is 1040. The van der Waals surface area contributed by atoms with Crippen LogP contribution in [0.5, 0.6) is 5.75 Å². The van der Waals surface area contributed by atoms with Crippen molar-refractivity contribution in [2.45, 2.75) is 13.0 Å². The predicted octanol–water partition coefficient (Wildman–Crippen LogP) is 3.42. The highest BCUT2D eigenvalue weighted by Gasteiger charge is 2.22. The Hall–Kier alpha value is -2.93. The molecule has 0 unspecified atom stereocenters. The Morgan fingerprint density at radius 1 is 1.19 bits per heavy atom. The summed E-state index contributed by atoms with van der Waals surface area (Å²) < 4.78 is 7.36. The standard InChI is InChI=1S/C19H17N5OS/c1-25-17-6-2-4-14-11-23(9-7-15(14)17)19-22-24-12-16(21-18(24)26-19)13-5-3-8-20-10-13/h2-6,8,10,12H,7,9,11H2,1H3. The lowest BCUT2D eigenvalue weighted by Gasteiger charge is -2.29. The van der Waals surface area contributed by atoms with Crippen molar-refractivity contribution in [3.63, 3.8) is 0 Å². The van der Waals surface area contributed by atoms with Gasteiger partial charge in [0.2, 0.25) is 10.1 Å². The largest absolute Gasteiger partial charge is 0.496 e. The second-order valence-electron chi connectivity index (χ2n) is 6.25. The van der Waals surface area contributed by atoms with Crippen LogP contribution in [0.3, 0.4) is 0 Å². The molecule has 1 aliphatic rings. The molecule has 1 aromatic carbocycles. The molecular weight excluding hydrogens is 346 g/mol. The van der Waals surface area contributed by atoms with Crippen molar-refractivity contribution in [2.75, 3.05) is 18.6 Å². The van der Waals surface area contributed by atoms with Crippen molar-refractivity contribution in [2.24, 2.45) is 0 Å². The van der Waals surface area contributed by atoms with Crippen LogP contribution in [0.25, 0.3) is 16.2 Å². The first kappa shape index (κ1) is 15.3. The highest BCUT2D eigenvalue weighted by Crippen LogP contribution is 2.32. The van der Waals surface area contributed by atoms with E-state index < -0.39 is 0 Å². The van der Waals surface area contributed by atoms with Gasteiger partial charge in [-0.15, -0.1) is 5.10 Å². The van der Waals surface area contributed by atoms with E-state index in [1.165, 1.54) is 11.1 Å². The van der Waals surface area contributed by atoms with Gasteiger partial charge >= 0.3 is 0 Å². The lowest BCUT2D eigenvalue weighted by atomic mass is 9.99. The molecule has 130 valence electrons. The molecule has 0 saturated heterocycles. The monoisotopic (exact) mass is 363 g/mol. The molecule has 1 aliphatic heterocycles. The van der Waals surface area contributed by atoms with E-state index in [1.54, 1.807) is 24.6 Å². The van der Waals surface area contributed by atoms with Crippen molar-refractivity contribution in [1.29, 1.82) is 0 Å². The Labute approximate surface area is 154 Å². The molecule has 0 radical (unpaired) electrons. The summed E-state index contributed by atoms with van der Waals surface area (Å²) in [6.07, 6.45) is 6.51. The fourth-order valence-corrected chi connectivity index (χ4v) is 4.31. The summed E-state index contributed by atoms with van der Waals surface area (Å²) in [5, 5.41) is 5.74. The molecule has 4 heterocycles. The van der Waals surface area contributed by atoms with E-state index in [-0.39, 0.29) is 0 Å². The fraction of sp³-hybridized carbons (Fsp3) is 0.211. The fourth-order valence-electron chi connectivity index (χ4n) is 3.40. The van der Waals surface area contributed by atoms with Crippen molar-refractivity contribution >= 4 is 21.4 Å². The summed E-state index contributed by atoms with van der Waals surface area (Å²) in [5.41, 5.74) is 4.52. The number of nitrogens with zero attached hydrogens (tertiary/aromatic N) is 5. The Morgan fingerprint density at radius 2 is 2.15 bits per heavy atom. The molecule has 7 heteroatoms. The lowest BCUT2D eigenvalue weighted by Crippen LogP contribution is -2.30. The van der Waals surface area contributed by atoms with Crippen molar-refractivity contribution in [3.05, 3.63) is 60.0 Å². The molecule has 26 heavy (non-hydrogen) atoms. The molecular formula is C19H17N5OS. The quantitative estimate of drug-likeness (QED) is 0.558.